The van der Waals surface area contributed by atoms with Gasteiger partial charge in [0.25, 0.3) is 5.91 Å². The zero-order valence-electron chi connectivity index (χ0n) is 16.3. The number of carbonyl (C=O) groups is 1. The van der Waals surface area contributed by atoms with Gasteiger partial charge in [-0.05, 0) is 61.9 Å². The number of hydrogen-bond donors (Lipinski definition) is 1. The zero-order chi connectivity index (χ0) is 21.3. The number of aromatic nitrogens is 1. The molecule has 1 atom stereocenters. The summed E-state index contributed by atoms with van der Waals surface area (Å²) in [5, 5.41) is 3.67. The largest absolute Gasteiger partial charge is 0.479 e. The summed E-state index contributed by atoms with van der Waals surface area (Å²) in [6, 6.07) is 18.0. The van der Waals surface area contributed by atoms with Gasteiger partial charge < -0.3 is 14.5 Å². The van der Waals surface area contributed by atoms with E-state index in [1.807, 2.05) is 31.2 Å². The fourth-order valence-corrected chi connectivity index (χ4v) is 3.44. The number of carbonyl (C=O) groups excluding carboxylic acids is 1. The van der Waals surface area contributed by atoms with E-state index in [0.29, 0.717) is 38.5 Å². The third kappa shape index (κ3) is 4.27. The maximum Gasteiger partial charge on any atom is 0.265 e. The van der Waals surface area contributed by atoms with Crippen LogP contribution in [0.4, 0.5) is 5.69 Å². The Kier molecular flexibility index (Phi) is 5.66. The molecule has 7 heteroatoms. The number of aryl methyl sites for hydroxylation is 1. The van der Waals surface area contributed by atoms with Gasteiger partial charge in [-0.1, -0.05) is 41.4 Å². The van der Waals surface area contributed by atoms with Crippen molar-refractivity contribution >= 4 is 45.9 Å². The van der Waals surface area contributed by atoms with Gasteiger partial charge in [-0.3, -0.25) is 4.79 Å². The Labute approximate surface area is 183 Å². The zero-order valence-corrected chi connectivity index (χ0v) is 17.8. The van der Waals surface area contributed by atoms with Crippen molar-refractivity contribution in [3.63, 3.8) is 0 Å². The molecule has 4 rings (SSSR count). The molecule has 0 radical (unpaired) electrons. The van der Waals surface area contributed by atoms with E-state index in [0.717, 1.165) is 11.1 Å². The number of nitrogens with one attached hydrogen (secondary N) is 1. The fourth-order valence-electron chi connectivity index (χ4n) is 2.99. The van der Waals surface area contributed by atoms with Crippen LogP contribution >= 0.6 is 23.2 Å². The number of hydrogen-bond acceptors (Lipinski definition) is 4. The second kappa shape index (κ2) is 8.38. The molecule has 0 aliphatic heterocycles. The SMILES string of the molecule is Cc1ccccc1-c1nc2cc(NC(=O)C(C)Oc3ccc(Cl)cc3Cl)ccc2o1. The number of halogens is 2. The summed E-state index contributed by atoms with van der Waals surface area (Å²) >= 11 is 12.0. The summed E-state index contributed by atoms with van der Waals surface area (Å²) in [7, 11) is 0. The number of ether oxygens (including phenoxy) is 1. The molecule has 1 unspecified atom stereocenters. The van der Waals surface area contributed by atoms with Gasteiger partial charge in [0.15, 0.2) is 11.7 Å². The Hall–Kier alpha value is -3.02. The Morgan fingerprint density at radius 3 is 2.67 bits per heavy atom. The molecule has 0 saturated heterocycles. The molecular weight excluding hydrogens is 423 g/mol. The lowest BCUT2D eigenvalue weighted by Crippen LogP contribution is -2.30. The van der Waals surface area contributed by atoms with Crippen molar-refractivity contribution in [1.29, 1.82) is 0 Å². The minimum absolute atomic E-state index is 0.317. The molecular formula is C23H18Cl2N2O3. The highest BCUT2D eigenvalue weighted by Crippen LogP contribution is 2.30. The maximum absolute atomic E-state index is 12.6. The van der Waals surface area contributed by atoms with Gasteiger partial charge in [0.05, 0.1) is 5.02 Å². The highest BCUT2D eigenvalue weighted by Gasteiger charge is 2.17. The Morgan fingerprint density at radius 2 is 1.90 bits per heavy atom. The van der Waals surface area contributed by atoms with Gasteiger partial charge in [0.1, 0.15) is 11.3 Å². The van der Waals surface area contributed by atoms with Gasteiger partial charge in [-0.2, -0.15) is 0 Å². The summed E-state index contributed by atoms with van der Waals surface area (Å²) < 4.78 is 11.5. The topological polar surface area (TPSA) is 64.4 Å². The van der Waals surface area contributed by atoms with Crippen molar-refractivity contribution in [3.8, 4) is 17.2 Å². The minimum atomic E-state index is -0.765. The lowest BCUT2D eigenvalue weighted by molar-refractivity contribution is -0.122. The van der Waals surface area contributed by atoms with Gasteiger partial charge >= 0.3 is 0 Å². The van der Waals surface area contributed by atoms with Crippen LogP contribution in [0.3, 0.4) is 0 Å². The molecule has 5 nitrogen and oxygen atoms in total. The fraction of sp³-hybridized carbons (Fsp3) is 0.130. The number of oxazole rings is 1. The van der Waals surface area contributed by atoms with Crippen LogP contribution in [0, 0.1) is 6.92 Å². The molecule has 0 spiro atoms. The van der Waals surface area contributed by atoms with Gasteiger partial charge in [-0.15, -0.1) is 0 Å². The van der Waals surface area contributed by atoms with Crippen molar-refractivity contribution in [2.45, 2.75) is 20.0 Å². The summed E-state index contributed by atoms with van der Waals surface area (Å²) in [6.07, 6.45) is -0.765. The van der Waals surface area contributed by atoms with E-state index in [1.54, 1.807) is 43.3 Å². The van der Waals surface area contributed by atoms with Crippen LogP contribution in [0.25, 0.3) is 22.6 Å². The number of rotatable bonds is 5. The summed E-state index contributed by atoms with van der Waals surface area (Å²) in [4.78, 5) is 17.1. The lowest BCUT2D eigenvalue weighted by Gasteiger charge is -2.15. The highest BCUT2D eigenvalue weighted by atomic mass is 35.5. The van der Waals surface area contributed by atoms with Gasteiger partial charge in [-0.25, -0.2) is 4.98 Å². The van der Waals surface area contributed by atoms with Gasteiger partial charge in [0, 0.05) is 16.3 Å². The van der Waals surface area contributed by atoms with E-state index in [4.69, 9.17) is 32.4 Å². The predicted octanol–water partition coefficient (Wildman–Crippen LogP) is 6.52. The Balaban J connectivity index is 1.50. The minimum Gasteiger partial charge on any atom is -0.479 e. The van der Waals surface area contributed by atoms with Crippen LogP contribution in [-0.2, 0) is 4.79 Å². The molecule has 3 aromatic carbocycles. The van der Waals surface area contributed by atoms with Crippen LogP contribution in [-0.4, -0.2) is 17.0 Å². The quantitative estimate of drug-likeness (QED) is 0.383. The molecule has 4 aromatic rings. The standard InChI is InChI=1S/C23H18Cl2N2O3/c1-13-5-3-4-6-17(13)23-27-19-12-16(8-10-21(19)30-23)26-22(28)14(2)29-20-9-7-15(24)11-18(20)25/h3-12,14H,1-2H3,(H,26,28). The second-order valence-electron chi connectivity index (χ2n) is 6.84. The average Bonchev–Trinajstić information content (AvgIpc) is 3.13. The molecule has 1 amide bonds. The van der Waals surface area contributed by atoms with Crippen molar-refractivity contribution in [3.05, 3.63) is 76.3 Å². The number of nitrogens with zero attached hydrogens (tertiary/aromatic N) is 1. The molecule has 152 valence electrons. The molecule has 1 heterocycles. The molecule has 0 bridgehead atoms. The van der Waals surface area contributed by atoms with Crippen LogP contribution in [0.15, 0.2) is 65.1 Å². The maximum atomic E-state index is 12.6. The first-order valence-corrected chi connectivity index (χ1v) is 10.1. The van der Waals surface area contributed by atoms with Crippen LogP contribution in [0.5, 0.6) is 5.75 Å². The van der Waals surface area contributed by atoms with E-state index in [-0.39, 0.29) is 5.91 Å². The van der Waals surface area contributed by atoms with Crippen LogP contribution in [0.1, 0.15) is 12.5 Å². The van der Waals surface area contributed by atoms with Crippen molar-refractivity contribution in [2.24, 2.45) is 0 Å². The van der Waals surface area contributed by atoms with Gasteiger partial charge in [0.2, 0.25) is 5.89 Å². The van der Waals surface area contributed by atoms with Crippen molar-refractivity contribution in [1.82, 2.24) is 4.98 Å². The molecule has 0 aliphatic carbocycles. The highest BCUT2D eigenvalue weighted by molar-refractivity contribution is 6.35. The van der Waals surface area contributed by atoms with Crippen molar-refractivity contribution < 1.29 is 13.9 Å². The first kappa shape index (κ1) is 20.3. The van der Waals surface area contributed by atoms with E-state index < -0.39 is 6.10 Å². The number of benzene rings is 3. The smallest absolute Gasteiger partial charge is 0.265 e. The van der Waals surface area contributed by atoms with Crippen LogP contribution in [0.2, 0.25) is 10.0 Å². The first-order chi connectivity index (χ1) is 14.4. The van der Waals surface area contributed by atoms with E-state index in [1.165, 1.54) is 0 Å². The van der Waals surface area contributed by atoms with E-state index >= 15 is 0 Å². The molecule has 30 heavy (non-hydrogen) atoms. The van der Waals surface area contributed by atoms with E-state index in [2.05, 4.69) is 10.3 Å². The predicted molar refractivity (Wildman–Crippen MR) is 119 cm³/mol. The molecule has 0 aliphatic rings. The first-order valence-electron chi connectivity index (χ1n) is 9.30. The van der Waals surface area contributed by atoms with Crippen LogP contribution < -0.4 is 10.1 Å². The number of fused-ring (bicyclic) bond motifs is 1. The summed E-state index contributed by atoms with van der Waals surface area (Å²) in [5.74, 6) is 0.613. The average molecular weight is 441 g/mol. The molecule has 1 aromatic heterocycles. The summed E-state index contributed by atoms with van der Waals surface area (Å²) in [6.45, 7) is 3.65. The Morgan fingerprint density at radius 1 is 1.10 bits per heavy atom. The normalized spacial score (nSPS) is 12.0. The molecule has 0 fully saturated rings. The third-order valence-electron chi connectivity index (χ3n) is 4.60. The lowest BCUT2D eigenvalue weighted by atomic mass is 10.1. The molecule has 0 saturated carbocycles. The summed E-state index contributed by atoms with van der Waals surface area (Å²) in [5.41, 5.74) is 3.89. The monoisotopic (exact) mass is 440 g/mol. The Bertz CT molecular complexity index is 1240. The second-order valence-corrected chi connectivity index (χ2v) is 7.68. The van der Waals surface area contributed by atoms with E-state index in [9.17, 15) is 4.79 Å². The number of anilines is 1. The molecule has 1 N–H and O–H groups in total. The third-order valence-corrected chi connectivity index (χ3v) is 5.13. The van der Waals surface area contributed by atoms with Crippen molar-refractivity contribution in [2.75, 3.05) is 5.32 Å². The number of amides is 1.